The van der Waals surface area contributed by atoms with Crippen LogP contribution in [0.15, 0.2) is 41.7 Å². The number of sulfonamides is 1. The molecule has 1 amide bonds. The zero-order valence-electron chi connectivity index (χ0n) is 13.9. The van der Waals surface area contributed by atoms with Gasteiger partial charge in [0.15, 0.2) is 0 Å². The highest BCUT2D eigenvalue weighted by molar-refractivity contribution is 7.89. The maximum Gasteiger partial charge on any atom is 0.241 e. The molecule has 2 aromatic rings. The van der Waals surface area contributed by atoms with E-state index in [1.807, 2.05) is 0 Å². The summed E-state index contributed by atoms with van der Waals surface area (Å²) in [5.74, 6) is -0.965. The van der Waals surface area contributed by atoms with Gasteiger partial charge < -0.3 is 5.32 Å². The topological polar surface area (TPSA) is 101 Å². The van der Waals surface area contributed by atoms with E-state index < -0.39 is 28.3 Å². The second-order valence-corrected chi connectivity index (χ2v) is 7.37. The van der Waals surface area contributed by atoms with Crippen LogP contribution in [0.3, 0.4) is 0 Å². The van der Waals surface area contributed by atoms with Crippen molar-refractivity contribution in [3.8, 4) is 0 Å². The molecule has 134 valence electrons. The van der Waals surface area contributed by atoms with E-state index in [9.17, 15) is 17.6 Å². The third kappa shape index (κ3) is 5.57. The molecular weight excluding hydrogens is 347 g/mol. The van der Waals surface area contributed by atoms with Crippen molar-refractivity contribution in [3.05, 3.63) is 53.9 Å². The lowest BCUT2D eigenvalue weighted by Crippen LogP contribution is -2.41. The molecule has 25 heavy (non-hydrogen) atoms. The lowest BCUT2D eigenvalue weighted by molar-refractivity contribution is -0.120. The van der Waals surface area contributed by atoms with Crippen LogP contribution < -0.4 is 10.0 Å². The fourth-order valence-electron chi connectivity index (χ4n) is 2.15. The molecule has 2 rings (SSSR count). The molecule has 1 heterocycles. The molecule has 1 aromatic heterocycles. The monoisotopic (exact) mass is 366 g/mol. The molecule has 0 bridgehead atoms. The van der Waals surface area contributed by atoms with Gasteiger partial charge in [-0.15, -0.1) is 0 Å². The van der Waals surface area contributed by atoms with E-state index in [1.54, 1.807) is 25.5 Å². The van der Waals surface area contributed by atoms with E-state index >= 15 is 0 Å². The Morgan fingerprint density at radius 2 is 2.08 bits per heavy atom. The Labute approximate surface area is 145 Å². The van der Waals surface area contributed by atoms with Crippen LogP contribution in [-0.4, -0.2) is 36.9 Å². The van der Waals surface area contributed by atoms with Crippen molar-refractivity contribution in [2.75, 3.05) is 6.54 Å². The summed E-state index contributed by atoms with van der Waals surface area (Å²) >= 11 is 0. The van der Waals surface area contributed by atoms with Crippen LogP contribution in [0.1, 0.15) is 18.2 Å². The zero-order chi connectivity index (χ0) is 18.4. The van der Waals surface area contributed by atoms with Gasteiger partial charge in [-0.25, -0.2) is 17.5 Å². The third-order valence-corrected chi connectivity index (χ3v) is 4.80. The number of carbonyl (C=O) groups excluding carboxylic acids is 1. The Balaban J connectivity index is 1.89. The molecule has 0 radical (unpaired) electrons. The molecule has 0 aliphatic rings. The van der Waals surface area contributed by atoms with Crippen molar-refractivity contribution in [2.24, 2.45) is 0 Å². The van der Waals surface area contributed by atoms with Gasteiger partial charge in [0.25, 0.3) is 0 Å². The number of benzene rings is 1. The van der Waals surface area contributed by atoms with Crippen LogP contribution in [0.25, 0.3) is 0 Å². The minimum Gasteiger partial charge on any atom is -0.352 e. The second kappa shape index (κ2) is 8.13. The summed E-state index contributed by atoms with van der Waals surface area (Å²) in [6, 6.07) is 3.21. The maximum absolute atomic E-state index is 13.2. The number of amides is 1. The summed E-state index contributed by atoms with van der Waals surface area (Å²) in [7, 11) is -3.89. The highest BCUT2D eigenvalue weighted by Gasteiger charge is 2.17. The molecule has 1 atom stereocenters. The van der Waals surface area contributed by atoms with E-state index in [0.29, 0.717) is 6.42 Å². The quantitative estimate of drug-likeness (QED) is 0.760. The average molecular weight is 366 g/mol. The first kappa shape index (κ1) is 18.9. The summed E-state index contributed by atoms with van der Waals surface area (Å²) < 4.78 is 39.7. The van der Waals surface area contributed by atoms with Crippen molar-refractivity contribution < 1.29 is 17.6 Å². The zero-order valence-corrected chi connectivity index (χ0v) is 14.7. The lowest BCUT2D eigenvalue weighted by atomic mass is 10.2. The summed E-state index contributed by atoms with van der Waals surface area (Å²) in [4.78, 5) is 19.9. The van der Waals surface area contributed by atoms with E-state index in [1.165, 1.54) is 13.0 Å². The molecule has 0 saturated carbocycles. The van der Waals surface area contributed by atoms with Gasteiger partial charge in [-0.05, 0) is 37.6 Å². The molecule has 0 unspecified atom stereocenters. The highest BCUT2D eigenvalue weighted by atomic mass is 32.2. The number of aromatic nitrogens is 2. The maximum atomic E-state index is 13.2. The Bertz CT molecular complexity index is 844. The predicted molar refractivity (Wildman–Crippen MR) is 89.7 cm³/mol. The SMILES string of the molecule is Cc1cc(S(=O)(=O)NCC(=O)N[C@H](C)Cc2cnccn2)ccc1F. The van der Waals surface area contributed by atoms with Crippen LogP contribution in [0, 0.1) is 12.7 Å². The van der Waals surface area contributed by atoms with Gasteiger partial charge in [0.05, 0.1) is 17.1 Å². The molecule has 0 aliphatic carbocycles. The van der Waals surface area contributed by atoms with Gasteiger partial charge in [-0.1, -0.05) is 0 Å². The van der Waals surface area contributed by atoms with Crippen LogP contribution in [0.5, 0.6) is 0 Å². The second-order valence-electron chi connectivity index (χ2n) is 5.60. The lowest BCUT2D eigenvalue weighted by Gasteiger charge is -2.14. The molecule has 0 aliphatic heterocycles. The number of nitrogens with zero attached hydrogens (tertiary/aromatic N) is 2. The first-order valence-electron chi connectivity index (χ1n) is 7.58. The minimum absolute atomic E-state index is 0.0909. The first-order chi connectivity index (χ1) is 11.8. The Kier molecular flexibility index (Phi) is 6.16. The normalized spacial score (nSPS) is 12.6. The molecular formula is C16H19FN4O3S. The number of hydrogen-bond donors (Lipinski definition) is 2. The fourth-order valence-corrected chi connectivity index (χ4v) is 3.22. The summed E-state index contributed by atoms with van der Waals surface area (Å²) in [6.45, 7) is 2.84. The Morgan fingerprint density at radius 3 is 2.72 bits per heavy atom. The standard InChI is InChI=1S/C16H19FN4O3S/c1-11-7-14(3-4-15(11)17)25(23,24)20-10-16(22)21-12(2)8-13-9-18-5-6-19-13/h3-7,9,12,20H,8,10H2,1-2H3,(H,21,22)/t12-/m1/s1. The molecule has 2 N–H and O–H groups in total. The highest BCUT2D eigenvalue weighted by Crippen LogP contribution is 2.13. The number of rotatable bonds is 7. The molecule has 0 saturated heterocycles. The Hall–Kier alpha value is -2.39. The van der Waals surface area contributed by atoms with E-state index in [2.05, 4.69) is 20.0 Å². The van der Waals surface area contributed by atoms with E-state index in [4.69, 9.17) is 0 Å². The molecule has 0 spiro atoms. The molecule has 7 nitrogen and oxygen atoms in total. The first-order valence-corrected chi connectivity index (χ1v) is 9.06. The summed E-state index contributed by atoms with van der Waals surface area (Å²) in [5.41, 5.74) is 0.933. The number of halogens is 1. The van der Waals surface area contributed by atoms with Crippen molar-refractivity contribution in [2.45, 2.75) is 31.2 Å². The van der Waals surface area contributed by atoms with Crippen molar-refractivity contribution in [1.82, 2.24) is 20.0 Å². The van der Waals surface area contributed by atoms with Crippen LogP contribution in [0.4, 0.5) is 4.39 Å². The summed E-state index contributed by atoms with van der Waals surface area (Å²) in [6.07, 6.45) is 5.19. The predicted octanol–water partition coefficient (Wildman–Crippen LogP) is 0.950. The van der Waals surface area contributed by atoms with Gasteiger partial charge >= 0.3 is 0 Å². The number of aryl methyl sites for hydroxylation is 1. The van der Waals surface area contributed by atoms with Crippen LogP contribution in [-0.2, 0) is 21.2 Å². The van der Waals surface area contributed by atoms with Crippen LogP contribution >= 0.6 is 0 Å². The van der Waals surface area contributed by atoms with Crippen molar-refractivity contribution in [1.29, 1.82) is 0 Å². The molecule has 9 heteroatoms. The molecule has 0 fully saturated rings. The molecule has 1 aromatic carbocycles. The Morgan fingerprint density at radius 1 is 1.32 bits per heavy atom. The summed E-state index contributed by atoms with van der Waals surface area (Å²) in [5, 5.41) is 2.68. The average Bonchev–Trinajstić information content (AvgIpc) is 2.56. The number of hydrogen-bond acceptors (Lipinski definition) is 5. The third-order valence-electron chi connectivity index (χ3n) is 3.40. The fraction of sp³-hybridized carbons (Fsp3) is 0.312. The van der Waals surface area contributed by atoms with Crippen molar-refractivity contribution >= 4 is 15.9 Å². The number of nitrogens with one attached hydrogen (secondary N) is 2. The smallest absolute Gasteiger partial charge is 0.241 e. The van der Waals surface area contributed by atoms with Gasteiger partial charge in [0, 0.05) is 31.1 Å². The minimum atomic E-state index is -3.89. The van der Waals surface area contributed by atoms with E-state index in [-0.39, 0.29) is 16.5 Å². The van der Waals surface area contributed by atoms with Gasteiger partial charge in [0.2, 0.25) is 15.9 Å². The van der Waals surface area contributed by atoms with E-state index in [0.717, 1.165) is 17.8 Å². The largest absolute Gasteiger partial charge is 0.352 e. The van der Waals surface area contributed by atoms with Crippen molar-refractivity contribution in [3.63, 3.8) is 0 Å². The van der Waals surface area contributed by atoms with Gasteiger partial charge in [-0.3, -0.25) is 14.8 Å². The van der Waals surface area contributed by atoms with Crippen LogP contribution in [0.2, 0.25) is 0 Å². The van der Waals surface area contributed by atoms with Gasteiger partial charge in [0.1, 0.15) is 5.82 Å². The van der Waals surface area contributed by atoms with Gasteiger partial charge in [-0.2, -0.15) is 0 Å². The number of carbonyl (C=O) groups is 1.